The molecule has 5 heteroatoms. The quantitative estimate of drug-likeness (QED) is 0.744. The van der Waals surface area contributed by atoms with E-state index in [1.807, 2.05) is 20.8 Å². The summed E-state index contributed by atoms with van der Waals surface area (Å²) in [5, 5.41) is 11.7. The zero-order valence-electron chi connectivity index (χ0n) is 10.8. The van der Waals surface area contributed by atoms with Gasteiger partial charge in [-0.15, -0.1) is 0 Å². The maximum absolute atomic E-state index is 12.0. The van der Waals surface area contributed by atoms with E-state index in [1.54, 1.807) is 0 Å². The number of carboxylic acids is 1. The number of carboxylic acid groups (broad SMARTS) is 1. The topological polar surface area (TPSA) is 69.6 Å². The maximum atomic E-state index is 12.0. The number of hydrogen-bond donors (Lipinski definition) is 2. The van der Waals surface area contributed by atoms with E-state index in [0.29, 0.717) is 5.92 Å². The zero-order chi connectivity index (χ0) is 13.0. The molecule has 2 N–H and O–H groups in total. The normalized spacial score (nSPS) is 16.7. The minimum atomic E-state index is -0.954. The van der Waals surface area contributed by atoms with E-state index < -0.39 is 5.97 Å². The zero-order valence-corrected chi connectivity index (χ0v) is 10.8. The van der Waals surface area contributed by atoms with Crippen molar-refractivity contribution < 1.29 is 14.7 Å². The Morgan fingerprint density at radius 2 is 2.00 bits per heavy atom. The molecule has 5 nitrogen and oxygen atoms in total. The Morgan fingerprint density at radius 3 is 2.35 bits per heavy atom. The lowest BCUT2D eigenvalue weighted by atomic mass is 10.0. The summed E-state index contributed by atoms with van der Waals surface area (Å²) in [4.78, 5) is 24.1. The molecule has 1 saturated carbocycles. The Bertz CT molecular complexity index is 287. The molecule has 1 fully saturated rings. The van der Waals surface area contributed by atoms with Crippen LogP contribution in [-0.2, 0) is 4.79 Å². The standard InChI is InChI=1S/C12H22N2O3/c1-4-10(8(2)3)13-12(17)14(7-11(15)16)9-5-6-9/h8-10H,4-7H2,1-3H3,(H,13,17)(H,15,16). The number of urea groups is 1. The van der Waals surface area contributed by atoms with Gasteiger partial charge in [0.15, 0.2) is 0 Å². The number of carbonyl (C=O) groups excluding carboxylic acids is 1. The molecule has 2 amide bonds. The van der Waals surface area contributed by atoms with E-state index in [4.69, 9.17) is 5.11 Å². The summed E-state index contributed by atoms with van der Waals surface area (Å²) in [7, 11) is 0. The lowest BCUT2D eigenvalue weighted by molar-refractivity contribution is -0.137. The third kappa shape index (κ3) is 4.24. The van der Waals surface area contributed by atoms with Crippen LogP contribution in [0.15, 0.2) is 0 Å². The van der Waals surface area contributed by atoms with Crippen LogP contribution in [-0.4, -0.2) is 40.6 Å². The first-order valence-electron chi connectivity index (χ1n) is 6.24. The highest BCUT2D eigenvalue weighted by atomic mass is 16.4. The van der Waals surface area contributed by atoms with Gasteiger partial charge in [0.1, 0.15) is 6.54 Å². The molecule has 17 heavy (non-hydrogen) atoms. The first-order chi connectivity index (χ1) is 7.95. The molecule has 0 saturated heterocycles. The second-order valence-electron chi connectivity index (χ2n) is 4.96. The number of carbonyl (C=O) groups is 2. The molecule has 1 aliphatic rings. The molecular formula is C12H22N2O3. The number of rotatable bonds is 6. The average molecular weight is 242 g/mol. The molecule has 0 radical (unpaired) electrons. The molecule has 0 heterocycles. The fourth-order valence-electron chi connectivity index (χ4n) is 1.88. The van der Waals surface area contributed by atoms with Crippen molar-refractivity contribution in [1.82, 2.24) is 10.2 Å². The fraction of sp³-hybridized carbons (Fsp3) is 0.833. The molecule has 0 aromatic heterocycles. The van der Waals surface area contributed by atoms with Gasteiger partial charge >= 0.3 is 12.0 Å². The van der Waals surface area contributed by atoms with Crippen LogP contribution in [0.4, 0.5) is 4.79 Å². The van der Waals surface area contributed by atoms with Crippen LogP contribution in [0.3, 0.4) is 0 Å². The highest BCUT2D eigenvalue weighted by molar-refractivity contribution is 5.80. The largest absolute Gasteiger partial charge is 0.480 e. The van der Waals surface area contributed by atoms with E-state index >= 15 is 0 Å². The summed E-state index contributed by atoms with van der Waals surface area (Å²) in [5.74, 6) is -0.598. The van der Waals surface area contributed by atoms with Crippen molar-refractivity contribution >= 4 is 12.0 Å². The van der Waals surface area contributed by atoms with Crippen LogP contribution in [0, 0.1) is 5.92 Å². The van der Waals surface area contributed by atoms with Crippen molar-refractivity contribution in [1.29, 1.82) is 0 Å². The third-order valence-electron chi connectivity index (χ3n) is 3.11. The van der Waals surface area contributed by atoms with E-state index in [0.717, 1.165) is 19.3 Å². The minimum absolute atomic E-state index is 0.109. The highest BCUT2D eigenvalue weighted by Gasteiger charge is 2.34. The Balaban J connectivity index is 2.55. The van der Waals surface area contributed by atoms with Crippen LogP contribution in [0.1, 0.15) is 40.0 Å². The van der Waals surface area contributed by atoms with Crippen molar-refractivity contribution in [2.24, 2.45) is 5.92 Å². The van der Waals surface area contributed by atoms with E-state index in [9.17, 15) is 9.59 Å². The van der Waals surface area contributed by atoms with Gasteiger partial charge in [-0.05, 0) is 25.2 Å². The molecule has 0 aromatic carbocycles. The summed E-state index contributed by atoms with van der Waals surface area (Å²) < 4.78 is 0. The van der Waals surface area contributed by atoms with Gasteiger partial charge in [0, 0.05) is 12.1 Å². The maximum Gasteiger partial charge on any atom is 0.323 e. The molecule has 1 rings (SSSR count). The highest BCUT2D eigenvalue weighted by Crippen LogP contribution is 2.26. The summed E-state index contributed by atoms with van der Waals surface area (Å²) in [6.45, 7) is 5.91. The van der Waals surface area contributed by atoms with Crippen molar-refractivity contribution in [3.8, 4) is 0 Å². The smallest absolute Gasteiger partial charge is 0.323 e. The number of hydrogen-bond acceptors (Lipinski definition) is 2. The second-order valence-corrected chi connectivity index (χ2v) is 4.96. The molecule has 0 bridgehead atoms. The summed E-state index contributed by atoms with van der Waals surface area (Å²) in [5.41, 5.74) is 0. The summed E-state index contributed by atoms with van der Waals surface area (Å²) in [6, 6.07) is -0.0104. The molecule has 98 valence electrons. The van der Waals surface area contributed by atoms with Gasteiger partial charge in [-0.2, -0.15) is 0 Å². The fourth-order valence-corrected chi connectivity index (χ4v) is 1.88. The molecule has 1 aliphatic carbocycles. The third-order valence-corrected chi connectivity index (χ3v) is 3.11. The van der Waals surface area contributed by atoms with E-state index in [1.165, 1.54) is 4.90 Å². The van der Waals surface area contributed by atoms with E-state index in [2.05, 4.69) is 5.32 Å². The molecule has 0 spiro atoms. The van der Waals surface area contributed by atoms with Gasteiger partial charge in [-0.3, -0.25) is 4.79 Å². The van der Waals surface area contributed by atoms with Gasteiger partial charge < -0.3 is 15.3 Å². The average Bonchev–Trinajstić information content (AvgIpc) is 3.05. The second kappa shape index (κ2) is 5.89. The van der Waals surface area contributed by atoms with Crippen LogP contribution < -0.4 is 5.32 Å². The summed E-state index contributed by atoms with van der Waals surface area (Å²) >= 11 is 0. The van der Waals surface area contributed by atoms with Crippen molar-refractivity contribution in [2.75, 3.05) is 6.54 Å². The van der Waals surface area contributed by atoms with Gasteiger partial charge in [0.25, 0.3) is 0 Å². The number of nitrogens with zero attached hydrogens (tertiary/aromatic N) is 1. The first kappa shape index (κ1) is 13.8. The van der Waals surface area contributed by atoms with Gasteiger partial charge in [-0.1, -0.05) is 20.8 Å². The Kier molecular flexibility index (Phi) is 4.78. The minimum Gasteiger partial charge on any atom is -0.480 e. The van der Waals surface area contributed by atoms with Crippen molar-refractivity contribution in [3.05, 3.63) is 0 Å². The lowest BCUT2D eigenvalue weighted by Gasteiger charge is -2.26. The monoisotopic (exact) mass is 242 g/mol. The lowest BCUT2D eigenvalue weighted by Crippen LogP contribution is -2.49. The van der Waals surface area contributed by atoms with Crippen LogP contribution >= 0.6 is 0 Å². The SMILES string of the molecule is CCC(NC(=O)N(CC(=O)O)C1CC1)C(C)C. The van der Waals surface area contributed by atoms with Crippen LogP contribution in [0.2, 0.25) is 0 Å². The van der Waals surface area contributed by atoms with Crippen LogP contribution in [0.5, 0.6) is 0 Å². The van der Waals surface area contributed by atoms with Crippen LogP contribution in [0.25, 0.3) is 0 Å². The van der Waals surface area contributed by atoms with Gasteiger partial charge in [0.05, 0.1) is 0 Å². The molecule has 1 unspecified atom stereocenters. The Labute approximate surface area is 102 Å². The molecule has 0 aromatic rings. The van der Waals surface area contributed by atoms with Gasteiger partial charge in [0.2, 0.25) is 0 Å². The summed E-state index contributed by atoms with van der Waals surface area (Å²) in [6.07, 6.45) is 2.69. The van der Waals surface area contributed by atoms with E-state index in [-0.39, 0.29) is 24.7 Å². The van der Waals surface area contributed by atoms with Gasteiger partial charge in [-0.25, -0.2) is 4.79 Å². The number of amides is 2. The number of aliphatic carboxylic acids is 1. The molecule has 0 aliphatic heterocycles. The first-order valence-corrected chi connectivity index (χ1v) is 6.24. The number of nitrogens with one attached hydrogen (secondary N) is 1. The van der Waals surface area contributed by atoms with Crippen molar-refractivity contribution in [2.45, 2.75) is 52.1 Å². The molecule has 1 atom stereocenters. The predicted octanol–water partition coefficient (Wildman–Crippen LogP) is 1.68. The van der Waals surface area contributed by atoms with Crippen molar-refractivity contribution in [3.63, 3.8) is 0 Å². The predicted molar refractivity (Wildman–Crippen MR) is 64.8 cm³/mol. The Hall–Kier alpha value is -1.26. The molecular weight excluding hydrogens is 220 g/mol. The Morgan fingerprint density at radius 1 is 1.41 bits per heavy atom.